The van der Waals surface area contributed by atoms with Crippen LogP contribution in [0, 0.1) is 0 Å². The SMILES string of the molecule is COc1ccc(OC)c(CC(=O)Nc2ccc(OC(F)F)c(Cl)c2)c1. The molecule has 25 heavy (non-hydrogen) atoms. The number of nitrogens with one attached hydrogen (secondary N) is 1. The van der Waals surface area contributed by atoms with E-state index in [1.165, 1.54) is 32.4 Å². The molecule has 0 saturated heterocycles. The standard InChI is InChI=1S/C17H16ClF2NO4/c1-23-12-4-6-14(24-2)10(7-12)8-16(22)21-11-3-5-15(13(18)9-11)25-17(19)20/h3-7,9,17H,8H2,1-2H3,(H,21,22). The van der Waals surface area contributed by atoms with Crippen LogP contribution in [-0.4, -0.2) is 26.7 Å². The summed E-state index contributed by atoms with van der Waals surface area (Å²) >= 11 is 5.86. The lowest BCUT2D eigenvalue weighted by atomic mass is 10.1. The van der Waals surface area contributed by atoms with E-state index in [1.54, 1.807) is 18.2 Å². The van der Waals surface area contributed by atoms with Crippen LogP contribution in [0.15, 0.2) is 36.4 Å². The summed E-state index contributed by atoms with van der Waals surface area (Å²) in [5, 5.41) is 2.61. The van der Waals surface area contributed by atoms with Gasteiger partial charge >= 0.3 is 6.61 Å². The van der Waals surface area contributed by atoms with E-state index in [0.717, 1.165) is 0 Å². The van der Waals surface area contributed by atoms with Crippen molar-refractivity contribution < 1.29 is 27.8 Å². The highest BCUT2D eigenvalue weighted by molar-refractivity contribution is 6.32. The number of anilines is 1. The van der Waals surface area contributed by atoms with Crippen molar-refractivity contribution in [3.63, 3.8) is 0 Å². The molecule has 2 aromatic rings. The lowest BCUT2D eigenvalue weighted by Gasteiger charge is -2.12. The summed E-state index contributed by atoms with van der Waals surface area (Å²) in [4.78, 5) is 12.2. The molecular weight excluding hydrogens is 356 g/mol. The molecule has 0 spiro atoms. The molecule has 0 fully saturated rings. The molecule has 8 heteroatoms. The van der Waals surface area contributed by atoms with E-state index < -0.39 is 6.61 Å². The summed E-state index contributed by atoms with van der Waals surface area (Å²) in [7, 11) is 3.03. The van der Waals surface area contributed by atoms with Crippen molar-refractivity contribution in [2.75, 3.05) is 19.5 Å². The minimum atomic E-state index is -2.97. The number of amides is 1. The molecule has 2 aromatic carbocycles. The van der Waals surface area contributed by atoms with E-state index in [0.29, 0.717) is 22.7 Å². The Bertz CT molecular complexity index is 755. The topological polar surface area (TPSA) is 56.8 Å². The molecule has 0 unspecified atom stereocenters. The summed E-state index contributed by atoms with van der Waals surface area (Å²) < 4.78 is 39.0. The summed E-state index contributed by atoms with van der Waals surface area (Å²) in [6.45, 7) is -2.97. The number of halogens is 3. The van der Waals surface area contributed by atoms with Crippen molar-refractivity contribution in [3.05, 3.63) is 47.0 Å². The Morgan fingerprint density at radius 2 is 1.84 bits per heavy atom. The number of hydrogen-bond donors (Lipinski definition) is 1. The van der Waals surface area contributed by atoms with Crippen molar-refractivity contribution in [1.82, 2.24) is 0 Å². The Morgan fingerprint density at radius 1 is 1.12 bits per heavy atom. The van der Waals surface area contributed by atoms with E-state index in [-0.39, 0.29) is 23.1 Å². The van der Waals surface area contributed by atoms with Gasteiger partial charge in [-0.05, 0) is 36.4 Å². The van der Waals surface area contributed by atoms with Crippen LogP contribution in [0.5, 0.6) is 17.2 Å². The van der Waals surface area contributed by atoms with Gasteiger partial charge in [0.05, 0.1) is 25.7 Å². The van der Waals surface area contributed by atoms with Crippen LogP contribution in [-0.2, 0) is 11.2 Å². The van der Waals surface area contributed by atoms with Gasteiger partial charge in [-0.25, -0.2) is 0 Å². The second-order valence-corrected chi connectivity index (χ2v) is 5.33. The maximum atomic E-state index is 12.2. The first-order chi connectivity index (χ1) is 11.9. The molecule has 0 bridgehead atoms. The van der Waals surface area contributed by atoms with Crippen LogP contribution in [0.25, 0.3) is 0 Å². The van der Waals surface area contributed by atoms with E-state index in [9.17, 15) is 13.6 Å². The molecule has 2 rings (SSSR count). The Morgan fingerprint density at radius 3 is 2.44 bits per heavy atom. The quantitative estimate of drug-likeness (QED) is 0.794. The Hall–Kier alpha value is -2.54. The van der Waals surface area contributed by atoms with Gasteiger partial charge in [0.25, 0.3) is 0 Å². The molecular formula is C17H16ClF2NO4. The predicted molar refractivity (Wildman–Crippen MR) is 90.0 cm³/mol. The molecule has 0 aromatic heterocycles. The highest BCUT2D eigenvalue weighted by Gasteiger charge is 2.13. The van der Waals surface area contributed by atoms with Crippen LogP contribution in [0.3, 0.4) is 0 Å². The first-order valence-electron chi connectivity index (χ1n) is 7.18. The summed E-state index contributed by atoms with van der Waals surface area (Å²) in [6.07, 6.45) is 0.0350. The van der Waals surface area contributed by atoms with E-state index in [4.69, 9.17) is 21.1 Å². The minimum absolute atomic E-state index is 0.0305. The molecule has 1 N–H and O–H groups in total. The molecule has 5 nitrogen and oxygen atoms in total. The molecule has 0 aliphatic rings. The van der Waals surface area contributed by atoms with Crippen LogP contribution < -0.4 is 19.5 Å². The first kappa shape index (κ1) is 18.8. The van der Waals surface area contributed by atoms with Gasteiger partial charge in [0.15, 0.2) is 0 Å². The fraction of sp³-hybridized carbons (Fsp3) is 0.235. The number of rotatable bonds is 7. The Kier molecular flexibility index (Phi) is 6.41. The molecule has 0 radical (unpaired) electrons. The molecule has 0 aliphatic heterocycles. The largest absolute Gasteiger partial charge is 0.497 e. The number of benzene rings is 2. The molecule has 1 amide bonds. The number of alkyl halides is 2. The van der Waals surface area contributed by atoms with Crippen LogP contribution in [0.2, 0.25) is 5.02 Å². The lowest BCUT2D eigenvalue weighted by Crippen LogP contribution is -2.15. The zero-order valence-corrected chi connectivity index (χ0v) is 14.3. The Balaban J connectivity index is 2.09. The van der Waals surface area contributed by atoms with Gasteiger partial charge in [-0.3, -0.25) is 4.79 Å². The number of carbonyl (C=O) groups excluding carboxylic acids is 1. The zero-order valence-electron chi connectivity index (χ0n) is 13.5. The third-order valence-corrected chi connectivity index (χ3v) is 3.57. The lowest BCUT2D eigenvalue weighted by molar-refractivity contribution is -0.115. The highest BCUT2D eigenvalue weighted by Crippen LogP contribution is 2.29. The number of ether oxygens (including phenoxy) is 3. The van der Waals surface area contributed by atoms with Crippen LogP contribution in [0.4, 0.5) is 14.5 Å². The summed E-state index contributed by atoms with van der Waals surface area (Å²) in [5.74, 6) is 0.657. The summed E-state index contributed by atoms with van der Waals surface area (Å²) in [6, 6.07) is 9.14. The van der Waals surface area contributed by atoms with Gasteiger partial charge in [-0.15, -0.1) is 0 Å². The average molecular weight is 372 g/mol. The molecule has 0 saturated carbocycles. The number of hydrogen-bond acceptors (Lipinski definition) is 4. The third-order valence-electron chi connectivity index (χ3n) is 3.27. The van der Waals surface area contributed by atoms with Crippen molar-refractivity contribution >= 4 is 23.2 Å². The predicted octanol–water partition coefficient (Wildman–Crippen LogP) is 4.14. The van der Waals surface area contributed by atoms with Gasteiger partial charge in [0.1, 0.15) is 17.2 Å². The van der Waals surface area contributed by atoms with E-state index in [1.807, 2.05) is 0 Å². The summed E-state index contributed by atoms with van der Waals surface area (Å²) in [5.41, 5.74) is 1.00. The fourth-order valence-corrected chi connectivity index (χ4v) is 2.39. The van der Waals surface area contributed by atoms with Gasteiger partial charge in [-0.1, -0.05) is 11.6 Å². The zero-order chi connectivity index (χ0) is 18.4. The molecule has 0 atom stereocenters. The van der Waals surface area contributed by atoms with Crippen molar-refractivity contribution in [2.45, 2.75) is 13.0 Å². The van der Waals surface area contributed by atoms with Gasteiger partial charge in [-0.2, -0.15) is 8.78 Å². The van der Waals surface area contributed by atoms with Crippen molar-refractivity contribution in [2.24, 2.45) is 0 Å². The van der Waals surface area contributed by atoms with Crippen LogP contribution in [0.1, 0.15) is 5.56 Å². The number of methoxy groups -OCH3 is 2. The number of carbonyl (C=O) groups is 1. The second-order valence-electron chi connectivity index (χ2n) is 4.93. The first-order valence-corrected chi connectivity index (χ1v) is 7.56. The fourth-order valence-electron chi connectivity index (χ4n) is 2.17. The van der Waals surface area contributed by atoms with Crippen molar-refractivity contribution in [3.8, 4) is 17.2 Å². The maximum absolute atomic E-state index is 12.2. The normalized spacial score (nSPS) is 10.5. The van der Waals surface area contributed by atoms with Crippen molar-refractivity contribution in [1.29, 1.82) is 0 Å². The van der Waals surface area contributed by atoms with E-state index >= 15 is 0 Å². The van der Waals surface area contributed by atoms with Gasteiger partial charge in [0.2, 0.25) is 5.91 Å². The van der Waals surface area contributed by atoms with E-state index in [2.05, 4.69) is 10.1 Å². The maximum Gasteiger partial charge on any atom is 0.387 e. The molecule has 134 valence electrons. The Labute approximate surface area is 148 Å². The van der Waals surface area contributed by atoms with Gasteiger partial charge < -0.3 is 19.5 Å². The highest BCUT2D eigenvalue weighted by atomic mass is 35.5. The second kappa shape index (κ2) is 8.53. The average Bonchev–Trinajstić information content (AvgIpc) is 2.56. The smallest absolute Gasteiger partial charge is 0.387 e. The third kappa shape index (κ3) is 5.22. The molecule has 0 aliphatic carbocycles. The monoisotopic (exact) mass is 371 g/mol. The molecule has 0 heterocycles. The van der Waals surface area contributed by atoms with Gasteiger partial charge in [0, 0.05) is 11.3 Å². The minimum Gasteiger partial charge on any atom is -0.497 e. The van der Waals surface area contributed by atoms with Crippen LogP contribution >= 0.6 is 11.6 Å².